The second kappa shape index (κ2) is 7.68. The number of carbonyl (C=O) groups is 1. The van der Waals surface area contributed by atoms with Crippen molar-refractivity contribution in [1.29, 1.82) is 0 Å². The summed E-state index contributed by atoms with van der Waals surface area (Å²) in [4.78, 5) is 29.0. The Labute approximate surface area is 185 Å². The molecule has 160 valence electrons. The van der Waals surface area contributed by atoms with Crippen molar-refractivity contribution in [1.82, 2.24) is 0 Å². The molecule has 0 saturated heterocycles. The maximum Gasteiger partial charge on any atom is 0.295 e. The molecule has 1 aromatic heterocycles. The molecule has 1 aliphatic heterocycles. The molecule has 0 N–H and O–H groups in total. The minimum Gasteiger partial charge on any atom is -0.494 e. The summed E-state index contributed by atoms with van der Waals surface area (Å²) >= 11 is 0. The largest absolute Gasteiger partial charge is 0.494 e. The number of rotatable bonds is 4. The van der Waals surface area contributed by atoms with E-state index in [1.165, 1.54) is 0 Å². The molecule has 5 rings (SSSR count). The third kappa shape index (κ3) is 3.17. The van der Waals surface area contributed by atoms with E-state index in [0.717, 1.165) is 16.7 Å². The molecule has 32 heavy (non-hydrogen) atoms. The molecule has 3 aromatic carbocycles. The summed E-state index contributed by atoms with van der Waals surface area (Å²) in [6, 6.07) is 20.1. The van der Waals surface area contributed by atoms with Gasteiger partial charge < -0.3 is 9.15 Å². The third-order valence-electron chi connectivity index (χ3n) is 5.79. The standard InChI is InChI=1S/C27H23NO4/c1-4-31-20-10-6-8-18(15-20)24-23-25(29)21-14-17(3)11-12-22(21)32-26(23)27(30)28(24)19-9-5-7-16(2)13-19/h5-15,24H,4H2,1-3H3. The Hall–Kier alpha value is -3.86. The molecular weight excluding hydrogens is 402 g/mol. The van der Waals surface area contributed by atoms with Crippen LogP contribution in [0.5, 0.6) is 5.75 Å². The van der Waals surface area contributed by atoms with E-state index >= 15 is 0 Å². The number of amides is 1. The molecule has 0 radical (unpaired) electrons. The summed E-state index contributed by atoms with van der Waals surface area (Å²) in [5, 5.41) is 0.480. The minimum atomic E-state index is -0.610. The second-order valence-electron chi connectivity index (χ2n) is 8.10. The van der Waals surface area contributed by atoms with Gasteiger partial charge in [-0.05, 0) is 68.3 Å². The number of hydrogen-bond acceptors (Lipinski definition) is 4. The molecule has 0 fully saturated rings. The number of fused-ring (bicyclic) bond motifs is 2. The summed E-state index contributed by atoms with van der Waals surface area (Å²) in [6.07, 6.45) is 0. The van der Waals surface area contributed by atoms with E-state index in [9.17, 15) is 9.59 Å². The lowest BCUT2D eigenvalue weighted by Crippen LogP contribution is -2.29. The van der Waals surface area contributed by atoms with Crippen LogP contribution in [0.15, 0.2) is 75.9 Å². The lowest BCUT2D eigenvalue weighted by Gasteiger charge is -2.26. The fourth-order valence-electron chi connectivity index (χ4n) is 4.39. The topological polar surface area (TPSA) is 59.8 Å². The van der Waals surface area contributed by atoms with Crippen LogP contribution in [0, 0.1) is 13.8 Å². The van der Waals surface area contributed by atoms with Crippen LogP contribution in [0.2, 0.25) is 0 Å². The monoisotopic (exact) mass is 425 g/mol. The highest BCUT2D eigenvalue weighted by molar-refractivity contribution is 6.10. The molecule has 0 bridgehead atoms. The molecule has 1 amide bonds. The van der Waals surface area contributed by atoms with Crippen molar-refractivity contribution in [3.8, 4) is 5.75 Å². The molecule has 0 saturated carbocycles. The van der Waals surface area contributed by atoms with Crippen LogP contribution in [0.25, 0.3) is 11.0 Å². The zero-order valence-electron chi connectivity index (χ0n) is 18.2. The molecule has 1 aliphatic rings. The highest BCUT2D eigenvalue weighted by atomic mass is 16.5. The van der Waals surface area contributed by atoms with Gasteiger partial charge in [0.1, 0.15) is 11.3 Å². The van der Waals surface area contributed by atoms with Gasteiger partial charge in [0, 0.05) is 5.69 Å². The summed E-state index contributed by atoms with van der Waals surface area (Å²) < 4.78 is 11.7. The maximum absolute atomic E-state index is 13.7. The Kier molecular flexibility index (Phi) is 4.82. The highest BCUT2D eigenvalue weighted by Crippen LogP contribution is 2.42. The van der Waals surface area contributed by atoms with Crippen molar-refractivity contribution in [2.24, 2.45) is 0 Å². The third-order valence-corrected chi connectivity index (χ3v) is 5.79. The number of hydrogen-bond donors (Lipinski definition) is 0. The summed E-state index contributed by atoms with van der Waals surface area (Å²) in [5.74, 6) is 0.466. The first kappa shape index (κ1) is 20.1. The van der Waals surface area contributed by atoms with E-state index in [2.05, 4.69) is 0 Å². The average molecular weight is 425 g/mol. The van der Waals surface area contributed by atoms with Gasteiger partial charge in [-0.3, -0.25) is 14.5 Å². The molecule has 0 aliphatic carbocycles. The number of anilines is 1. The predicted octanol–water partition coefficient (Wildman–Crippen LogP) is 5.56. The van der Waals surface area contributed by atoms with Gasteiger partial charge in [-0.2, -0.15) is 0 Å². The van der Waals surface area contributed by atoms with Gasteiger partial charge in [-0.25, -0.2) is 0 Å². The lowest BCUT2D eigenvalue weighted by atomic mass is 9.97. The Balaban J connectivity index is 1.80. The van der Waals surface area contributed by atoms with Crippen molar-refractivity contribution < 1.29 is 13.9 Å². The maximum atomic E-state index is 13.7. The molecular formula is C27H23NO4. The van der Waals surface area contributed by atoms with Gasteiger partial charge in [-0.1, -0.05) is 35.9 Å². The smallest absolute Gasteiger partial charge is 0.295 e. The highest BCUT2D eigenvalue weighted by Gasteiger charge is 2.43. The van der Waals surface area contributed by atoms with E-state index in [1.807, 2.05) is 81.4 Å². The van der Waals surface area contributed by atoms with Crippen LogP contribution in [-0.4, -0.2) is 12.5 Å². The fourth-order valence-corrected chi connectivity index (χ4v) is 4.39. The van der Waals surface area contributed by atoms with E-state index < -0.39 is 6.04 Å². The van der Waals surface area contributed by atoms with Crippen LogP contribution < -0.4 is 15.1 Å². The number of aryl methyl sites for hydroxylation is 2. The van der Waals surface area contributed by atoms with Crippen LogP contribution in [0.3, 0.4) is 0 Å². The van der Waals surface area contributed by atoms with Crippen LogP contribution in [0.1, 0.15) is 45.8 Å². The van der Waals surface area contributed by atoms with Crippen LogP contribution >= 0.6 is 0 Å². The summed E-state index contributed by atoms with van der Waals surface area (Å²) in [7, 11) is 0. The first-order valence-electron chi connectivity index (χ1n) is 10.7. The molecule has 1 atom stereocenters. The van der Waals surface area contributed by atoms with Crippen molar-refractivity contribution in [3.05, 3.63) is 105 Å². The minimum absolute atomic E-state index is 0.0969. The first-order valence-corrected chi connectivity index (χ1v) is 10.7. The predicted molar refractivity (Wildman–Crippen MR) is 125 cm³/mol. The second-order valence-corrected chi connectivity index (χ2v) is 8.10. The summed E-state index contributed by atoms with van der Waals surface area (Å²) in [5.41, 5.74) is 4.09. The Morgan fingerprint density at radius 2 is 1.72 bits per heavy atom. The van der Waals surface area contributed by atoms with Gasteiger partial charge in [-0.15, -0.1) is 0 Å². The molecule has 1 unspecified atom stereocenters. The Morgan fingerprint density at radius 1 is 0.938 bits per heavy atom. The zero-order valence-corrected chi connectivity index (χ0v) is 18.2. The van der Waals surface area contributed by atoms with Crippen molar-refractivity contribution in [2.45, 2.75) is 26.8 Å². The van der Waals surface area contributed by atoms with E-state index in [1.54, 1.807) is 11.0 Å². The lowest BCUT2D eigenvalue weighted by molar-refractivity contribution is 0.0971. The van der Waals surface area contributed by atoms with Gasteiger partial charge in [0.25, 0.3) is 5.91 Å². The summed E-state index contributed by atoms with van der Waals surface area (Å²) in [6.45, 7) is 6.35. The van der Waals surface area contributed by atoms with E-state index in [-0.39, 0.29) is 17.1 Å². The van der Waals surface area contributed by atoms with E-state index in [4.69, 9.17) is 9.15 Å². The molecule has 2 heterocycles. The Morgan fingerprint density at radius 3 is 2.50 bits per heavy atom. The van der Waals surface area contributed by atoms with Crippen molar-refractivity contribution >= 4 is 22.6 Å². The molecule has 5 heteroatoms. The SMILES string of the molecule is CCOc1cccc(C2c3c(oc4ccc(C)cc4c3=O)C(=O)N2c2cccc(C)c2)c1. The van der Waals surface area contributed by atoms with Crippen LogP contribution in [-0.2, 0) is 0 Å². The van der Waals surface area contributed by atoms with E-state index in [0.29, 0.717) is 34.6 Å². The van der Waals surface area contributed by atoms with Crippen LogP contribution in [0.4, 0.5) is 5.69 Å². The Bertz CT molecular complexity index is 1420. The number of carbonyl (C=O) groups excluding carboxylic acids is 1. The molecule has 0 spiro atoms. The van der Waals surface area contributed by atoms with Gasteiger partial charge in [0.2, 0.25) is 5.76 Å². The van der Waals surface area contributed by atoms with Crippen molar-refractivity contribution in [2.75, 3.05) is 11.5 Å². The quantitative estimate of drug-likeness (QED) is 0.430. The molecule has 5 nitrogen and oxygen atoms in total. The normalized spacial score (nSPS) is 15.3. The van der Waals surface area contributed by atoms with Gasteiger partial charge in [0.05, 0.1) is 23.6 Å². The van der Waals surface area contributed by atoms with Gasteiger partial charge >= 0.3 is 0 Å². The van der Waals surface area contributed by atoms with Crippen molar-refractivity contribution in [3.63, 3.8) is 0 Å². The fraction of sp³-hybridized carbons (Fsp3) is 0.185. The molecule has 4 aromatic rings. The number of benzene rings is 3. The zero-order chi connectivity index (χ0) is 22.4. The number of ether oxygens (including phenoxy) is 1. The average Bonchev–Trinajstić information content (AvgIpc) is 3.07. The number of nitrogens with zero attached hydrogens (tertiary/aromatic N) is 1. The first-order chi connectivity index (χ1) is 15.5. The van der Waals surface area contributed by atoms with Gasteiger partial charge in [0.15, 0.2) is 5.43 Å².